The van der Waals surface area contributed by atoms with Gasteiger partial charge in [0, 0.05) is 23.7 Å². The molecular weight excluding hydrogens is 326 g/mol. The molecule has 1 fully saturated rings. The molecular formula is C19H20ClNO3. The minimum absolute atomic E-state index is 0.0279. The highest BCUT2D eigenvalue weighted by atomic mass is 35.5. The Labute approximate surface area is 146 Å². The van der Waals surface area contributed by atoms with E-state index in [1.807, 2.05) is 54.3 Å². The molecule has 1 aliphatic rings. The van der Waals surface area contributed by atoms with Gasteiger partial charge >= 0.3 is 0 Å². The van der Waals surface area contributed by atoms with Gasteiger partial charge in [-0.1, -0.05) is 41.9 Å². The first kappa shape index (κ1) is 16.8. The molecule has 5 heteroatoms. The summed E-state index contributed by atoms with van der Waals surface area (Å²) in [6.07, 6.45) is 0.0545. The average Bonchev–Trinajstić information content (AvgIpc) is 2.61. The number of rotatable bonds is 4. The Bertz CT molecular complexity index is 719. The van der Waals surface area contributed by atoms with Crippen molar-refractivity contribution in [3.63, 3.8) is 0 Å². The van der Waals surface area contributed by atoms with Crippen LogP contribution in [0.1, 0.15) is 22.8 Å². The van der Waals surface area contributed by atoms with Gasteiger partial charge in [0.25, 0.3) is 5.91 Å². The molecule has 126 valence electrons. The quantitative estimate of drug-likeness (QED) is 0.846. The molecule has 1 heterocycles. The summed E-state index contributed by atoms with van der Waals surface area (Å²) in [6, 6.07) is 14.8. The molecule has 0 aliphatic carbocycles. The Morgan fingerprint density at radius 1 is 1.25 bits per heavy atom. The fourth-order valence-electron chi connectivity index (χ4n) is 2.71. The molecule has 0 spiro atoms. The highest BCUT2D eigenvalue weighted by Crippen LogP contribution is 2.24. The van der Waals surface area contributed by atoms with Gasteiger partial charge < -0.3 is 14.4 Å². The average molecular weight is 346 g/mol. The van der Waals surface area contributed by atoms with E-state index in [0.717, 1.165) is 5.56 Å². The number of hydrogen-bond acceptors (Lipinski definition) is 3. The zero-order chi connectivity index (χ0) is 16.9. The van der Waals surface area contributed by atoms with E-state index in [0.29, 0.717) is 42.6 Å². The van der Waals surface area contributed by atoms with E-state index in [1.165, 1.54) is 0 Å². The number of carbonyl (C=O) groups is 1. The SMILES string of the molecule is CC1CN(C(=O)c2ccccc2OCc2ccccc2Cl)CCO1. The van der Waals surface area contributed by atoms with Crippen molar-refractivity contribution >= 4 is 17.5 Å². The summed E-state index contributed by atoms with van der Waals surface area (Å²) in [5.74, 6) is 0.543. The van der Waals surface area contributed by atoms with Crippen molar-refractivity contribution in [2.24, 2.45) is 0 Å². The van der Waals surface area contributed by atoms with Crippen LogP contribution < -0.4 is 4.74 Å². The lowest BCUT2D eigenvalue weighted by atomic mass is 10.1. The lowest BCUT2D eigenvalue weighted by molar-refractivity contribution is -0.0125. The third-order valence-electron chi connectivity index (χ3n) is 3.99. The van der Waals surface area contributed by atoms with Crippen LogP contribution >= 0.6 is 11.6 Å². The minimum atomic E-state index is -0.0279. The minimum Gasteiger partial charge on any atom is -0.488 e. The zero-order valence-electron chi connectivity index (χ0n) is 13.6. The Morgan fingerprint density at radius 3 is 2.79 bits per heavy atom. The topological polar surface area (TPSA) is 38.8 Å². The highest BCUT2D eigenvalue weighted by Gasteiger charge is 2.24. The van der Waals surface area contributed by atoms with E-state index in [4.69, 9.17) is 21.1 Å². The lowest BCUT2D eigenvalue weighted by Gasteiger charge is -2.31. The first-order chi connectivity index (χ1) is 11.6. The van der Waals surface area contributed by atoms with Crippen LogP contribution in [0.4, 0.5) is 0 Å². The van der Waals surface area contributed by atoms with Gasteiger partial charge in [0.1, 0.15) is 12.4 Å². The maximum atomic E-state index is 12.8. The molecule has 3 rings (SSSR count). The first-order valence-electron chi connectivity index (χ1n) is 8.01. The van der Waals surface area contributed by atoms with Gasteiger partial charge in [0.15, 0.2) is 0 Å². The van der Waals surface area contributed by atoms with Crippen molar-refractivity contribution in [2.45, 2.75) is 19.6 Å². The molecule has 1 aliphatic heterocycles. The second-order valence-electron chi connectivity index (χ2n) is 5.81. The number of benzene rings is 2. The normalized spacial score (nSPS) is 17.6. The Balaban J connectivity index is 1.75. The van der Waals surface area contributed by atoms with Gasteiger partial charge in [-0.2, -0.15) is 0 Å². The van der Waals surface area contributed by atoms with Crippen LogP contribution in [0.15, 0.2) is 48.5 Å². The lowest BCUT2D eigenvalue weighted by Crippen LogP contribution is -2.44. The van der Waals surface area contributed by atoms with Crippen LogP contribution in [-0.2, 0) is 11.3 Å². The van der Waals surface area contributed by atoms with Crippen LogP contribution in [0.2, 0.25) is 5.02 Å². The molecule has 0 radical (unpaired) electrons. The van der Waals surface area contributed by atoms with Crippen molar-refractivity contribution in [1.82, 2.24) is 4.90 Å². The number of halogens is 1. The smallest absolute Gasteiger partial charge is 0.257 e. The fraction of sp³-hybridized carbons (Fsp3) is 0.316. The molecule has 0 saturated carbocycles. The molecule has 1 unspecified atom stereocenters. The maximum Gasteiger partial charge on any atom is 0.257 e. The van der Waals surface area contributed by atoms with Gasteiger partial charge in [-0.3, -0.25) is 4.79 Å². The Hall–Kier alpha value is -2.04. The summed E-state index contributed by atoms with van der Waals surface area (Å²) in [5, 5.41) is 0.656. The molecule has 1 saturated heterocycles. The number of para-hydroxylation sites is 1. The van der Waals surface area contributed by atoms with Gasteiger partial charge in [0.2, 0.25) is 0 Å². The van der Waals surface area contributed by atoms with Gasteiger partial charge in [-0.25, -0.2) is 0 Å². The van der Waals surface area contributed by atoms with Crippen molar-refractivity contribution in [1.29, 1.82) is 0 Å². The van der Waals surface area contributed by atoms with Crippen molar-refractivity contribution < 1.29 is 14.3 Å². The van der Waals surface area contributed by atoms with Crippen LogP contribution in [0.3, 0.4) is 0 Å². The number of morpholine rings is 1. The van der Waals surface area contributed by atoms with Crippen LogP contribution in [0, 0.1) is 0 Å². The summed E-state index contributed by atoms with van der Waals surface area (Å²) in [5.41, 5.74) is 1.46. The maximum absolute atomic E-state index is 12.8. The zero-order valence-corrected chi connectivity index (χ0v) is 14.3. The first-order valence-corrected chi connectivity index (χ1v) is 8.39. The number of nitrogens with zero attached hydrogens (tertiary/aromatic N) is 1. The number of amides is 1. The molecule has 2 aromatic carbocycles. The highest BCUT2D eigenvalue weighted by molar-refractivity contribution is 6.31. The molecule has 0 bridgehead atoms. The predicted molar refractivity (Wildman–Crippen MR) is 93.5 cm³/mol. The molecule has 0 aromatic heterocycles. The van der Waals surface area contributed by atoms with Gasteiger partial charge in [-0.05, 0) is 25.1 Å². The van der Waals surface area contributed by atoms with Crippen molar-refractivity contribution in [2.75, 3.05) is 19.7 Å². The van der Waals surface area contributed by atoms with Crippen molar-refractivity contribution in [3.05, 3.63) is 64.7 Å². The van der Waals surface area contributed by atoms with Crippen LogP contribution in [0.5, 0.6) is 5.75 Å². The Morgan fingerprint density at radius 2 is 2.00 bits per heavy atom. The summed E-state index contributed by atoms with van der Waals surface area (Å²) in [4.78, 5) is 14.6. The number of hydrogen-bond donors (Lipinski definition) is 0. The summed E-state index contributed by atoms with van der Waals surface area (Å²) in [6.45, 7) is 4.05. The number of ether oxygens (including phenoxy) is 2. The molecule has 0 N–H and O–H groups in total. The van der Waals surface area contributed by atoms with E-state index in [2.05, 4.69) is 0 Å². The van der Waals surface area contributed by atoms with E-state index in [1.54, 1.807) is 6.07 Å². The molecule has 24 heavy (non-hydrogen) atoms. The summed E-state index contributed by atoms with van der Waals surface area (Å²) >= 11 is 6.16. The second kappa shape index (κ2) is 7.69. The largest absolute Gasteiger partial charge is 0.488 e. The second-order valence-corrected chi connectivity index (χ2v) is 6.22. The third-order valence-corrected chi connectivity index (χ3v) is 4.36. The Kier molecular flexibility index (Phi) is 5.38. The third kappa shape index (κ3) is 3.89. The number of carbonyl (C=O) groups excluding carboxylic acids is 1. The molecule has 1 amide bonds. The molecule has 2 aromatic rings. The summed E-state index contributed by atoms with van der Waals surface area (Å²) < 4.78 is 11.4. The van der Waals surface area contributed by atoms with Gasteiger partial charge in [-0.15, -0.1) is 0 Å². The van der Waals surface area contributed by atoms with E-state index in [9.17, 15) is 4.79 Å². The van der Waals surface area contributed by atoms with Gasteiger partial charge in [0.05, 0.1) is 18.3 Å². The van der Waals surface area contributed by atoms with E-state index < -0.39 is 0 Å². The monoisotopic (exact) mass is 345 g/mol. The van der Waals surface area contributed by atoms with Crippen LogP contribution in [-0.4, -0.2) is 36.6 Å². The van der Waals surface area contributed by atoms with Crippen molar-refractivity contribution in [3.8, 4) is 5.75 Å². The predicted octanol–water partition coefficient (Wildman–Crippen LogP) is 3.78. The molecule has 4 nitrogen and oxygen atoms in total. The van der Waals surface area contributed by atoms with E-state index >= 15 is 0 Å². The standard InChI is InChI=1S/C19H20ClNO3/c1-14-12-21(10-11-23-14)19(22)16-7-3-5-9-18(16)24-13-15-6-2-4-8-17(15)20/h2-9,14H,10-13H2,1H3. The van der Waals surface area contributed by atoms with E-state index in [-0.39, 0.29) is 12.0 Å². The fourth-order valence-corrected chi connectivity index (χ4v) is 2.90. The summed E-state index contributed by atoms with van der Waals surface area (Å²) in [7, 11) is 0. The molecule has 1 atom stereocenters. The van der Waals surface area contributed by atoms with Crippen LogP contribution in [0.25, 0.3) is 0 Å².